The minimum Gasteiger partial charge on any atom is -0.434 e. The summed E-state index contributed by atoms with van der Waals surface area (Å²) in [4.78, 5) is 12.7. The molecule has 3 rings (SSSR count). The second kappa shape index (κ2) is 9.19. The van der Waals surface area contributed by atoms with E-state index in [1.54, 1.807) is 18.2 Å². The molecule has 6 nitrogen and oxygen atoms in total. The van der Waals surface area contributed by atoms with E-state index in [1.807, 2.05) is 0 Å². The lowest BCUT2D eigenvalue weighted by Crippen LogP contribution is -2.28. The van der Waals surface area contributed by atoms with Crippen LogP contribution in [-0.4, -0.2) is 38.3 Å². The maximum Gasteiger partial charge on any atom is 0.387 e. The Morgan fingerprint density at radius 3 is 2.55 bits per heavy atom. The predicted octanol–water partition coefficient (Wildman–Crippen LogP) is 3.77. The van der Waals surface area contributed by atoms with Crippen molar-refractivity contribution in [2.45, 2.75) is 30.9 Å². The number of carbonyl (C=O) groups excluding carboxylic acids is 1. The van der Waals surface area contributed by atoms with Crippen molar-refractivity contribution < 1.29 is 26.7 Å². The normalized spacial score (nSPS) is 14.9. The Labute approximate surface area is 176 Å². The van der Waals surface area contributed by atoms with Crippen molar-refractivity contribution in [2.75, 3.05) is 13.1 Å². The number of hydrogen-bond donors (Lipinski definition) is 1. The molecule has 0 radical (unpaired) electrons. The highest BCUT2D eigenvalue weighted by Gasteiger charge is 2.28. The molecule has 1 heterocycles. The standard InChI is InChI=1S/C19H19BrF2N2O4S/c20-16-8-7-14(29(26,27)24-9-3-4-10-24)11-15(16)18(25)23-12-13-5-1-2-6-17(13)28-19(21)22/h1-2,5-8,11,19H,3-4,9-10,12H2,(H,23,25). The lowest BCUT2D eigenvalue weighted by atomic mass is 10.1. The zero-order valence-corrected chi connectivity index (χ0v) is 17.7. The predicted molar refractivity (Wildman–Crippen MR) is 106 cm³/mol. The van der Waals surface area contributed by atoms with E-state index in [9.17, 15) is 22.0 Å². The van der Waals surface area contributed by atoms with E-state index < -0.39 is 22.5 Å². The summed E-state index contributed by atoms with van der Waals surface area (Å²) in [5, 5.41) is 2.62. The Balaban J connectivity index is 1.78. The molecule has 1 amide bonds. The van der Waals surface area contributed by atoms with Gasteiger partial charge in [0.1, 0.15) is 5.75 Å². The molecule has 10 heteroatoms. The zero-order valence-electron chi connectivity index (χ0n) is 15.3. The van der Waals surface area contributed by atoms with E-state index in [0.717, 1.165) is 12.8 Å². The van der Waals surface area contributed by atoms with Gasteiger partial charge in [-0.1, -0.05) is 18.2 Å². The topological polar surface area (TPSA) is 75.7 Å². The van der Waals surface area contributed by atoms with E-state index in [4.69, 9.17) is 0 Å². The molecule has 156 valence electrons. The second-order valence-corrected chi connectivity index (χ2v) is 9.21. The highest BCUT2D eigenvalue weighted by Crippen LogP contribution is 2.26. The summed E-state index contributed by atoms with van der Waals surface area (Å²) in [7, 11) is -3.67. The van der Waals surface area contributed by atoms with Gasteiger partial charge in [-0.05, 0) is 53.0 Å². The van der Waals surface area contributed by atoms with Crippen LogP contribution in [0.2, 0.25) is 0 Å². The summed E-state index contributed by atoms with van der Waals surface area (Å²) in [5.41, 5.74) is 0.510. The molecule has 0 aromatic heterocycles. The van der Waals surface area contributed by atoms with Gasteiger partial charge < -0.3 is 10.1 Å². The Kier molecular flexibility index (Phi) is 6.86. The number of halogens is 3. The van der Waals surface area contributed by atoms with Gasteiger partial charge in [0, 0.05) is 29.7 Å². The van der Waals surface area contributed by atoms with E-state index >= 15 is 0 Å². The summed E-state index contributed by atoms with van der Waals surface area (Å²) in [6.45, 7) is -2.12. The largest absolute Gasteiger partial charge is 0.434 e. The summed E-state index contributed by atoms with van der Waals surface area (Å²) in [6, 6.07) is 10.4. The summed E-state index contributed by atoms with van der Waals surface area (Å²) >= 11 is 3.26. The van der Waals surface area contributed by atoms with Gasteiger partial charge in [0.2, 0.25) is 10.0 Å². The molecule has 2 aromatic carbocycles. The highest BCUT2D eigenvalue weighted by atomic mass is 79.9. The molecule has 1 aliphatic rings. The molecule has 1 N–H and O–H groups in total. The summed E-state index contributed by atoms with van der Waals surface area (Å²) in [5.74, 6) is -0.575. The summed E-state index contributed by atoms with van der Waals surface area (Å²) in [6.07, 6.45) is 1.62. The number of hydrogen-bond acceptors (Lipinski definition) is 4. The van der Waals surface area contributed by atoms with Gasteiger partial charge in [-0.2, -0.15) is 13.1 Å². The van der Waals surface area contributed by atoms with Crippen molar-refractivity contribution in [3.8, 4) is 5.75 Å². The third-order valence-electron chi connectivity index (χ3n) is 4.51. The average Bonchev–Trinajstić information content (AvgIpc) is 3.22. The lowest BCUT2D eigenvalue weighted by Gasteiger charge is -2.17. The van der Waals surface area contributed by atoms with Crippen LogP contribution < -0.4 is 10.1 Å². The third-order valence-corrected chi connectivity index (χ3v) is 7.10. The van der Waals surface area contributed by atoms with Crippen molar-refractivity contribution in [2.24, 2.45) is 0 Å². The molecule has 0 spiro atoms. The maximum absolute atomic E-state index is 12.7. The third kappa shape index (κ3) is 5.12. The van der Waals surface area contributed by atoms with Gasteiger partial charge in [0.05, 0.1) is 10.5 Å². The monoisotopic (exact) mass is 488 g/mol. The molecule has 1 aliphatic heterocycles. The molecule has 29 heavy (non-hydrogen) atoms. The van der Waals surface area contributed by atoms with Gasteiger partial charge in [0.25, 0.3) is 5.91 Å². The van der Waals surface area contributed by atoms with E-state index in [-0.39, 0.29) is 22.8 Å². The molecular formula is C19H19BrF2N2O4S. The molecule has 1 fully saturated rings. The second-order valence-electron chi connectivity index (χ2n) is 6.42. The Morgan fingerprint density at radius 2 is 1.86 bits per heavy atom. The van der Waals surface area contributed by atoms with Crippen LogP contribution in [0.4, 0.5) is 8.78 Å². The Morgan fingerprint density at radius 1 is 1.17 bits per heavy atom. The number of para-hydroxylation sites is 1. The first-order chi connectivity index (χ1) is 13.8. The maximum atomic E-state index is 12.7. The van der Waals surface area contributed by atoms with Gasteiger partial charge in [0.15, 0.2) is 0 Å². The number of nitrogens with zero attached hydrogens (tertiary/aromatic N) is 1. The SMILES string of the molecule is O=C(NCc1ccccc1OC(F)F)c1cc(S(=O)(=O)N2CCCC2)ccc1Br. The average molecular weight is 489 g/mol. The number of carbonyl (C=O) groups is 1. The minimum absolute atomic E-state index is 0.0350. The zero-order chi connectivity index (χ0) is 21.0. The molecule has 0 bridgehead atoms. The van der Waals surface area contributed by atoms with Crippen LogP contribution in [0.1, 0.15) is 28.8 Å². The fourth-order valence-electron chi connectivity index (χ4n) is 3.05. The quantitative estimate of drug-likeness (QED) is 0.643. The summed E-state index contributed by atoms with van der Waals surface area (Å²) < 4.78 is 56.8. The highest BCUT2D eigenvalue weighted by molar-refractivity contribution is 9.10. The van der Waals surface area contributed by atoms with E-state index in [0.29, 0.717) is 23.1 Å². The van der Waals surface area contributed by atoms with Crippen LogP contribution in [0, 0.1) is 0 Å². The van der Waals surface area contributed by atoms with Crippen molar-refractivity contribution in [3.05, 3.63) is 58.1 Å². The molecule has 2 aromatic rings. The number of rotatable bonds is 7. The van der Waals surface area contributed by atoms with Crippen molar-refractivity contribution >= 4 is 31.9 Å². The molecule has 0 unspecified atom stereocenters. The van der Waals surface area contributed by atoms with Gasteiger partial charge in [-0.15, -0.1) is 0 Å². The molecule has 1 saturated heterocycles. The van der Waals surface area contributed by atoms with Crippen LogP contribution in [0.5, 0.6) is 5.75 Å². The molecular weight excluding hydrogens is 470 g/mol. The fraction of sp³-hybridized carbons (Fsp3) is 0.316. The van der Waals surface area contributed by atoms with Gasteiger partial charge in [-0.25, -0.2) is 8.42 Å². The van der Waals surface area contributed by atoms with E-state index in [1.165, 1.54) is 28.6 Å². The first kappa shape index (κ1) is 21.7. The van der Waals surface area contributed by atoms with Crippen LogP contribution in [-0.2, 0) is 16.6 Å². The minimum atomic E-state index is -3.67. The Bertz CT molecular complexity index is 995. The molecule has 0 atom stereocenters. The first-order valence-corrected chi connectivity index (χ1v) is 11.1. The van der Waals surface area contributed by atoms with Crippen molar-refractivity contribution in [1.82, 2.24) is 9.62 Å². The van der Waals surface area contributed by atoms with Crippen molar-refractivity contribution in [1.29, 1.82) is 0 Å². The van der Waals surface area contributed by atoms with Gasteiger partial charge >= 0.3 is 6.61 Å². The van der Waals surface area contributed by atoms with Crippen molar-refractivity contribution in [3.63, 3.8) is 0 Å². The fourth-order valence-corrected chi connectivity index (χ4v) is 5.02. The number of amides is 1. The number of ether oxygens (including phenoxy) is 1. The number of benzene rings is 2. The van der Waals surface area contributed by atoms with Gasteiger partial charge in [-0.3, -0.25) is 4.79 Å². The number of alkyl halides is 2. The Hall–Kier alpha value is -2.04. The first-order valence-electron chi connectivity index (χ1n) is 8.89. The van der Waals surface area contributed by atoms with Crippen LogP contribution in [0.15, 0.2) is 51.8 Å². The molecule has 0 aliphatic carbocycles. The number of nitrogens with one attached hydrogen (secondary N) is 1. The van der Waals surface area contributed by atoms with Crippen LogP contribution in [0.25, 0.3) is 0 Å². The van der Waals surface area contributed by atoms with E-state index in [2.05, 4.69) is 26.0 Å². The lowest BCUT2D eigenvalue weighted by molar-refractivity contribution is -0.0504. The molecule has 0 saturated carbocycles. The van der Waals surface area contributed by atoms with Crippen LogP contribution >= 0.6 is 15.9 Å². The van der Waals surface area contributed by atoms with Crippen LogP contribution in [0.3, 0.4) is 0 Å². The number of sulfonamides is 1. The smallest absolute Gasteiger partial charge is 0.387 e.